The van der Waals surface area contributed by atoms with Crippen LogP contribution in [0.2, 0.25) is 0 Å². The second kappa shape index (κ2) is 10.4. The van der Waals surface area contributed by atoms with Gasteiger partial charge < -0.3 is 15.6 Å². The van der Waals surface area contributed by atoms with Gasteiger partial charge in [-0.1, -0.05) is 29.8 Å². The highest BCUT2D eigenvalue weighted by Gasteiger charge is 2.26. The SMILES string of the molecule is Cc1cccc(C[C@H](NC(=O)C(C)N(C)C(C)C)C(=O)NCc2cnc3[nH]ccc3c2)c1. The van der Waals surface area contributed by atoms with Gasteiger partial charge in [-0.15, -0.1) is 0 Å². The van der Waals surface area contributed by atoms with Crippen LogP contribution in [-0.4, -0.2) is 51.9 Å². The molecule has 0 aliphatic rings. The van der Waals surface area contributed by atoms with Gasteiger partial charge >= 0.3 is 0 Å². The minimum Gasteiger partial charge on any atom is -0.350 e. The molecule has 0 saturated heterocycles. The number of H-pyrrole nitrogens is 1. The molecule has 3 N–H and O–H groups in total. The number of aryl methyl sites for hydroxylation is 1. The van der Waals surface area contributed by atoms with Crippen molar-refractivity contribution in [1.29, 1.82) is 0 Å². The summed E-state index contributed by atoms with van der Waals surface area (Å²) < 4.78 is 0. The number of likely N-dealkylation sites (N-methyl/N-ethyl adjacent to an activating group) is 1. The Kier molecular flexibility index (Phi) is 7.64. The molecule has 0 saturated carbocycles. The van der Waals surface area contributed by atoms with E-state index >= 15 is 0 Å². The third kappa shape index (κ3) is 5.95. The first-order valence-electron chi connectivity index (χ1n) is 11.0. The van der Waals surface area contributed by atoms with E-state index in [4.69, 9.17) is 0 Å². The minimum atomic E-state index is -0.670. The number of fused-ring (bicyclic) bond motifs is 1. The lowest BCUT2D eigenvalue weighted by Crippen LogP contribution is -2.53. The van der Waals surface area contributed by atoms with E-state index in [9.17, 15) is 9.59 Å². The zero-order valence-corrected chi connectivity index (χ0v) is 19.5. The summed E-state index contributed by atoms with van der Waals surface area (Å²) in [5.41, 5.74) is 3.84. The molecule has 7 nitrogen and oxygen atoms in total. The number of aromatic amines is 1. The zero-order chi connectivity index (χ0) is 23.3. The van der Waals surface area contributed by atoms with Crippen LogP contribution in [0.5, 0.6) is 0 Å². The predicted octanol–water partition coefficient (Wildman–Crippen LogP) is 2.94. The topological polar surface area (TPSA) is 90.1 Å². The average molecular weight is 436 g/mol. The molecule has 2 heterocycles. The lowest BCUT2D eigenvalue weighted by atomic mass is 10.0. The number of carbonyl (C=O) groups is 2. The first kappa shape index (κ1) is 23.5. The molecule has 1 aromatic carbocycles. The Morgan fingerprint density at radius 1 is 1.09 bits per heavy atom. The number of benzene rings is 1. The van der Waals surface area contributed by atoms with Crippen LogP contribution in [0, 0.1) is 6.92 Å². The quantitative estimate of drug-likeness (QED) is 0.482. The van der Waals surface area contributed by atoms with Gasteiger partial charge in [-0.2, -0.15) is 0 Å². The van der Waals surface area contributed by atoms with Crippen LogP contribution in [0.3, 0.4) is 0 Å². The molecule has 1 unspecified atom stereocenters. The Morgan fingerprint density at radius 3 is 2.59 bits per heavy atom. The lowest BCUT2D eigenvalue weighted by Gasteiger charge is -2.29. The number of aromatic nitrogens is 2. The molecule has 170 valence electrons. The van der Waals surface area contributed by atoms with E-state index in [-0.39, 0.29) is 23.9 Å². The monoisotopic (exact) mass is 435 g/mol. The van der Waals surface area contributed by atoms with Crippen LogP contribution in [0.15, 0.2) is 48.8 Å². The van der Waals surface area contributed by atoms with Crippen molar-refractivity contribution < 1.29 is 9.59 Å². The van der Waals surface area contributed by atoms with Gasteiger partial charge in [0.25, 0.3) is 0 Å². The Balaban J connectivity index is 1.72. The molecule has 0 radical (unpaired) electrons. The molecule has 3 aromatic rings. The fourth-order valence-corrected chi connectivity index (χ4v) is 3.60. The van der Waals surface area contributed by atoms with Gasteiger partial charge in [0.15, 0.2) is 0 Å². The largest absolute Gasteiger partial charge is 0.350 e. The third-order valence-corrected chi connectivity index (χ3v) is 5.88. The van der Waals surface area contributed by atoms with E-state index in [0.29, 0.717) is 13.0 Å². The van der Waals surface area contributed by atoms with Crippen molar-refractivity contribution in [1.82, 2.24) is 25.5 Å². The van der Waals surface area contributed by atoms with Gasteiger partial charge in [-0.05, 0) is 58.0 Å². The molecule has 2 atom stereocenters. The minimum absolute atomic E-state index is 0.163. The number of nitrogens with zero attached hydrogens (tertiary/aromatic N) is 2. The first-order chi connectivity index (χ1) is 15.2. The van der Waals surface area contributed by atoms with Crippen LogP contribution in [0.1, 0.15) is 37.5 Å². The second-order valence-electron chi connectivity index (χ2n) is 8.67. The number of carbonyl (C=O) groups excluding carboxylic acids is 2. The molecule has 32 heavy (non-hydrogen) atoms. The molecule has 0 aliphatic carbocycles. The van der Waals surface area contributed by atoms with E-state index in [0.717, 1.165) is 27.7 Å². The fraction of sp³-hybridized carbons (Fsp3) is 0.400. The molecule has 2 aromatic heterocycles. The van der Waals surface area contributed by atoms with Crippen LogP contribution >= 0.6 is 0 Å². The summed E-state index contributed by atoms with van der Waals surface area (Å²) in [5, 5.41) is 6.93. The van der Waals surface area contributed by atoms with Crippen molar-refractivity contribution in [3.8, 4) is 0 Å². The van der Waals surface area contributed by atoms with E-state index in [1.165, 1.54) is 0 Å². The maximum atomic E-state index is 13.1. The van der Waals surface area contributed by atoms with E-state index in [2.05, 4.69) is 20.6 Å². The molecule has 0 spiro atoms. The predicted molar refractivity (Wildman–Crippen MR) is 127 cm³/mol. The molecular formula is C25H33N5O2. The first-order valence-corrected chi connectivity index (χ1v) is 11.0. The molecule has 3 rings (SSSR count). The molecule has 7 heteroatoms. The van der Waals surface area contributed by atoms with E-state index in [1.807, 2.05) is 82.2 Å². The van der Waals surface area contributed by atoms with Crippen LogP contribution in [0.4, 0.5) is 0 Å². The number of pyridine rings is 1. The van der Waals surface area contributed by atoms with Gasteiger partial charge in [-0.25, -0.2) is 4.98 Å². The van der Waals surface area contributed by atoms with E-state index in [1.54, 1.807) is 6.20 Å². The lowest BCUT2D eigenvalue weighted by molar-refractivity contribution is -0.131. The number of hydrogen-bond acceptors (Lipinski definition) is 4. The zero-order valence-electron chi connectivity index (χ0n) is 19.5. The maximum Gasteiger partial charge on any atom is 0.243 e. The molecule has 0 bridgehead atoms. The van der Waals surface area contributed by atoms with Gasteiger partial charge in [-0.3, -0.25) is 14.5 Å². The standard InChI is InChI=1S/C25H33N5O2/c1-16(2)30(5)18(4)24(31)29-22(13-19-8-6-7-17(3)11-19)25(32)28-15-20-12-21-9-10-26-23(21)27-14-20/h6-12,14,16,18,22H,13,15H2,1-5H3,(H,26,27)(H,28,32)(H,29,31)/t18?,22-/m0/s1. The highest BCUT2D eigenvalue weighted by molar-refractivity contribution is 5.90. The molecule has 0 fully saturated rings. The third-order valence-electron chi connectivity index (χ3n) is 5.88. The van der Waals surface area contributed by atoms with Crippen LogP contribution in [0.25, 0.3) is 11.0 Å². The van der Waals surface area contributed by atoms with Gasteiger partial charge in [0.1, 0.15) is 11.7 Å². The summed E-state index contributed by atoms with van der Waals surface area (Å²) in [4.78, 5) is 35.4. The normalized spacial score (nSPS) is 13.3. The van der Waals surface area contributed by atoms with Crippen molar-refractivity contribution in [2.24, 2.45) is 0 Å². The van der Waals surface area contributed by atoms with Gasteiger partial charge in [0, 0.05) is 36.8 Å². The fourth-order valence-electron chi connectivity index (χ4n) is 3.60. The Morgan fingerprint density at radius 2 is 1.88 bits per heavy atom. The summed E-state index contributed by atoms with van der Waals surface area (Å²) in [6, 6.07) is 11.1. The van der Waals surface area contributed by atoms with E-state index < -0.39 is 6.04 Å². The number of hydrogen-bond donors (Lipinski definition) is 3. The molecule has 0 aliphatic heterocycles. The van der Waals surface area contributed by atoms with Gasteiger partial charge in [0.05, 0.1) is 6.04 Å². The Labute approximate surface area is 189 Å². The molecule has 2 amide bonds. The summed E-state index contributed by atoms with van der Waals surface area (Å²) in [7, 11) is 1.91. The van der Waals surface area contributed by atoms with Crippen molar-refractivity contribution in [2.75, 3.05) is 7.05 Å². The Bertz CT molecular complexity index is 1070. The molecular weight excluding hydrogens is 402 g/mol. The van der Waals surface area contributed by atoms with Crippen LogP contribution < -0.4 is 10.6 Å². The Hall–Kier alpha value is -3.19. The average Bonchev–Trinajstić information content (AvgIpc) is 3.23. The highest BCUT2D eigenvalue weighted by atomic mass is 16.2. The van der Waals surface area contributed by atoms with Crippen LogP contribution in [-0.2, 0) is 22.6 Å². The van der Waals surface area contributed by atoms with Crippen molar-refractivity contribution in [3.05, 3.63) is 65.5 Å². The van der Waals surface area contributed by atoms with Crippen molar-refractivity contribution in [3.63, 3.8) is 0 Å². The smallest absolute Gasteiger partial charge is 0.243 e. The van der Waals surface area contributed by atoms with Gasteiger partial charge in [0.2, 0.25) is 11.8 Å². The summed E-state index contributed by atoms with van der Waals surface area (Å²) >= 11 is 0. The number of rotatable bonds is 9. The summed E-state index contributed by atoms with van der Waals surface area (Å²) in [6.45, 7) is 8.29. The number of nitrogens with one attached hydrogen (secondary N) is 3. The second-order valence-corrected chi connectivity index (χ2v) is 8.67. The summed E-state index contributed by atoms with van der Waals surface area (Å²) in [5.74, 6) is -0.377. The maximum absolute atomic E-state index is 13.1. The highest BCUT2D eigenvalue weighted by Crippen LogP contribution is 2.12. The van der Waals surface area contributed by atoms with Crippen molar-refractivity contribution in [2.45, 2.75) is 58.8 Å². The summed E-state index contributed by atoms with van der Waals surface area (Å²) in [6.07, 6.45) is 4.00. The number of amides is 2. The van der Waals surface area contributed by atoms with Crippen molar-refractivity contribution >= 4 is 22.8 Å².